The number of ether oxygens (including phenoxy) is 3. The Morgan fingerprint density at radius 2 is 1.67 bits per heavy atom. The van der Waals surface area contributed by atoms with Crippen LogP contribution in [0.15, 0.2) is 60.2 Å². The number of nitrogens with zero attached hydrogens (tertiary/aromatic N) is 2. The molecule has 0 aromatic heterocycles. The van der Waals surface area contributed by atoms with Crippen molar-refractivity contribution in [2.75, 3.05) is 44.7 Å². The van der Waals surface area contributed by atoms with Crippen molar-refractivity contribution in [1.29, 1.82) is 0 Å². The van der Waals surface area contributed by atoms with E-state index in [4.69, 9.17) is 37.4 Å². The zero-order valence-electron chi connectivity index (χ0n) is 22.1. The van der Waals surface area contributed by atoms with E-state index in [-0.39, 0.29) is 32.7 Å². The van der Waals surface area contributed by atoms with E-state index in [2.05, 4.69) is 0 Å². The molecule has 39 heavy (non-hydrogen) atoms. The number of anilines is 2. The van der Waals surface area contributed by atoms with Gasteiger partial charge in [-0.3, -0.25) is 14.5 Å². The zero-order chi connectivity index (χ0) is 28.4. The number of hydrogen-bond donors (Lipinski definition) is 1. The van der Waals surface area contributed by atoms with Crippen LogP contribution in [-0.2, 0) is 9.59 Å². The largest absolute Gasteiger partial charge is 0.507 e. The standard InChI is InChI=1S/C29H28Cl2N2O6/c1-6-39-19-9-7-8-16(14-19)24-22(25(34)20-15-21(30)28(38-5)23(31)27(20)37-4)26(35)29(36)33(24)18-12-10-17(11-13-18)32(2)3/h7-15,24,34H,6H2,1-5H3/b25-22+. The summed E-state index contributed by atoms with van der Waals surface area (Å²) in [4.78, 5) is 30.4. The van der Waals surface area contributed by atoms with Crippen LogP contribution in [-0.4, -0.2) is 51.7 Å². The highest BCUT2D eigenvalue weighted by molar-refractivity contribution is 6.52. The molecule has 1 aliphatic heterocycles. The van der Waals surface area contributed by atoms with Crippen LogP contribution in [0.4, 0.5) is 11.4 Å². The number of benzene rings is 3. The molecule has 1 aliphatic rings. The van der Waals surface area contributed by atoms with Crippen LogP contribution >= 0.6 is 23.2 Å². The Hall–Kier alpha value is -3.88. The number of amides is 1. The third-order valence-electron chi connectivity index (χ3n) is 6.37. The van der Waals surface area contributed by atoms with Crippen LogP contribution in [0.3, 0.4) is 0 Å². The van der Waals surface area contributed by atoms with Crippen molar-refractivity contribution < 1.29 is 28.9 Å². The number of carbonyl (C=O) groups excluding carboxylic acids is 2. The lowest BCUT2D eigenvalue weighted by Gasteiger charge is -2.26. The zero-order valence-corrected chi connectivity index (χ0v) is 23.6. The predicted molar refractivity (Wildman–Crippen MR) is 153 cm³/mol. The average Bonchev–Trinajstić information content (AvgIpc) is 3.18. The Labute approximate surface area is 236 Å². The van der Waals surface area contributed by atoms with E-state index in [0.717, 1.165) is 5.69 Å². The van der Waals surface area contributed by atoms with Gasteiger partial charge in [-0.2, -0.15) is 0 Å². The summed E-state index contributed by atoms with van der Waals surface area (Å²) in [6.45, 7) is 2.28. The Kier molecular flexibility index (Phi) is 8.28. The number of halogens is 2. The van der Waals surface area contributed by atoms with Gasteiger partial charge in [-0.05, 0) is 55.0 Å². The molecule has 0 radical (unpaired) electrons. The van der Waals surface area contributed by atoms with Gasteiger partial charge in [-0.25, -0.2) is 0 Å². The van der Waals surface area contributed by atoms with Crippen LogP contribution in [0.5, 0.6) is 17.2 Å². The van der Waals surface area contributed by atoms with E-state index in [1.54, 1.807) is 36.4 Å². The number of aliphatic hydroxyl groups is 1. The van der Waals surface area contributed by atoms with Crippen molar-refractivity contribution in [3.05, 3.63) is 81.3 Å². The normalized spacial score (nSPS) is 16.4. The van der Waals surface area contributed by atoms with Crippen molar-refractivity contribution in [2.45, 2.75) is 13.0 Å². The highest BCUT2D eigenvalue weighted by Gasteiger charge is 2.47. The molecule has 3 aromatic carbocycles. The molecule has 1 N–H and O–H groups in total. The maximum Gasteiger partial charge on any atom is 0.300 e. The molecule has 1 amide bonds. The third-order valence-corrected chi connectivity index (χ3v) is 6.99. The van der Waals surface area contributed by atoms with Crippen molar-refractivity contribution in [3.63, 3.8) is 0 Å². The van der Waals surface area contributed by atoms with Gasteiger partial charge in [0.1, 0.15) is 16.5 Å². The molecule has 204 valence electrons. The number of hydrogen-bond acceptors (Lipinski definition) is 7. The molecule has 10 heteroatoms. The summed E-state index contributed by atoms with van der Waals surface area (Å²) in [6.07, 6.45) is 0. The topological polar surface area (TPSA) is 88.5 Å². The number of Topliss-reactive ketones (excluding diaryl/α,β-unsaturated/α-hetero) is 1. The van der Waals surface area contributed by atoms with Crippen LogP contribution in [0, 0.1) is 0 Å². The molecule has 8 nitrogen and oxygen atoms in total. The quantitative estimate of drug-likeness (QED) is 0.199. The molecular weight excluding hydrogens is 543 g/mol. The van der Waals surface area contributed by atoms with Crippen LogP contribution in [0.25, 0.3) is 5.76 Å². The Balaban J connectivity index is 1.99. The fraction of sp³-hybridized carbons (Fsp3) is 0.241. The molecule has 4 rings (SSSR count). The molecule has 1 saturated heterocycles. The van der Waals surface area contributed by atoms with E-state index in [1.165, 1.54) is 25.2 Å². The molecule has 3 aromatic rings. The summed E-state index contributed by atoms with van der Waals surface area (Å²) in [5, 5.41) is 11.7. The summed E-state index contributed by atoms with van der Waals surface area (Å²) in [5.41, 5.74) is 1.84. The predicted octanol–water partition coefficient (Wildman–Crippen LogP) is 6.10. The molecule has 1 fully saturated rings. The van der Waals surface area contributed by atoms with Gasteiger partial charge in [0.05, 0.1) is 43.0 Å². The highest BCUT2D eigenvalue weighted by atomic mass is 35.5. The van der Waals surface area contributed by atoms with Crippen molar-refractivity contribution in [1.82, 2.24) is 0 Å². The maximum absolute atomic E-state index is 13.6. The molecule has 0 aliphatic carbocycles. The fourth-order valence-electron chi connectivity index (χ4n) is 4.56. The van der Waals surface area contributed by atoms with Gasteiger partial charge in [0.15, 0.2) is 11.5 Å². The third kappa shape index (κ3) is 5.10. The number of ketones is 1. The van der Waals surface area contributed by atoms with E-state index >= 15 is 0 Å². The molecule has 1 unspecified atom stereocenters. The first-order chi connectivity index (χ1) is 18.6. The fourth-order valence-corrected chi connectivity index (χ4v) is 5.25. The van der Waals surface area contributed by atoms with Crippen molar-refractivity contribution in [2.24, 2.45) is 0 Å². The number of carbonyl (C=O) groups is 2. The smallest absolute Gasteiger partial charge is 0.300 e. The van der Waals surface area contributed by atoms with E-state index < -0.39 is 23.5 Å². The van der Waals surface area contributed by atoms with Crippen LogP contribution in [0.1, 0.15) is 24.1 Å². The average molecular weight is 571 g/mol. The van der Waals surface area contributed by atoms with Gasteiger partial charge < -0.3 is 24.2 Å². The highest BCUT2D eigenvalue weighted by Crippen LogP contribution is 2.48. The Morgan fingerprint density at radius 1 is 1.00 bits per heavy atom. The Morgan fingerprint density at radius 3 is 2.26 bits per heavy atom. The van der Waals surface area contributed by atoms with E-state index in [0.29, 0.717) is 23.6 Å². The van der Waals surface area contributed by atoms with Gasteiger partial charge in [0.25, 0.3) is 11.7 Å². The van der Waals surface area contributed by atoms with Gasteiger partial charge in [0, 0.05) is 25.5 Å². The van der Waals surface area contributed by atoms with E-state index in [9.17, 15) is 14.7 Å². The second-order valence-corrected chi connectivity index (χ2v) is 9.66. The summed E-state index contributed by atoms with van der Waals surface area (Å²) >= 11 is 12.8. The van der Waals surface area contributed by atoms with Gasteiger partial charge in [-0.15, -0.1) is 0 Å². The van der Waals surface area contributed by atoms with Gasteiger partial charge >= 0.3 is 0 Å². The maximum atomic E-state index is 13.6. The summed E-state index contributed by atoms with van der Waals surface area (Å²) in [5.74, 6) is -1.42. The van der Waals surface area contributed by atoms with E-state index in [1.807, 2.05) is 38.1 Å². The molecule has 1 atom stereocenters. The first-order valence-electron chi connectivity index (χ1n) is 12.1. The minimum Gasteiger partial charge on any atom is -0.507 e. The van der Waals surface area contributed by atoms with Crippen molar-refractivity contribution in [3.8, 4) is 17.2 Å². The summed E-state index contributed by atoms with van der Waals surface area (Å²) in [6, 6.07) is 14.6. The summed E-state index contributed by atoms with van der Waals surface area (Å²) < 4.78 is 16.4. The van der Waals surface area contributed by atoms with Crippen LogP contribution in [0.2, 0.25) is 10.0 Å². The first kappa shape index (κ1) is 28.1. The number of rotatable bonds is 8. The number of methoxy groups -OCH3 is 2. The Bertz CT molecular complexity index is 1450. The summed E-state index contributed by atoms with van der Waals surface area (Å²) in [7, 11) is 6.56. The van der Waals surface area contributed by atoms with Gasteiger partial charge in [-0.1, -0.05) is 35.3 Å². The lowest BCUT2D eigenvalue weighted by molar-refractivity contribution is -0.132. The molecule has 0 bridgehead atoms. The minimum absolute atomic E-state index is 0.0115. The SMILES string of the molecule is CCOc1cccc(C2/C(=C(\O)c3cc(Cl)c(OC)c(Cl)c3OC)C(=O)C(=O)N2c2ccc(N(C)C)cc2)c1. The lowest BCUT2D eigenvalue weighted by atomic mass is 9.94. The van der Waals surface area contributed by atoms with Crippen LogP contribution < -0.4 is 24.0 Å². The lowest BCUT2D eigenvalue weighted by Crippen LogP contribution is -2.29. The van der Waals surface area contributed by atoms with Gasteiger partial charge in [0.2, 0.25) is 0 Å². The second kappa shape index (κ2) is 11.5. The molecule has 0 spiro atoms. The monoisotopic (exact) mass is 570 g/mol. The molecule has 0 saturated carbocycles. The first-order valence-corrected chi connectivity index (χ1v) is 12.8. The van der Waals surface area contributed by atoms with Crippen molar-refractivity contribution >= 4 is 52.0 Å². The molecule has 1 heterocycles. The minimum atomic E-state index is -0.986. The number of aliphatic hydroxyl groups excluding tert-OH is 1. The second-order valence-electron chi connectivity index (χ2n) is 8.87. The molecular formula is C29H28Cl2N2O6.